The minimum Gasteiger partial charge on any atom is -0.478 e. The number of carbonyl (C=O) groups excluding carboxylic acids is 1. The zero-order chi connectivity index (χ0) is 28.3. The molecular weight excluding hydrogens is 541 g/mol. The second-order valence-corrected chi connectivity index (χ2v) is 11.4. The number of benzene rings is 3. The molecule has 0 fully saturated rings. The van der Waals surface area contributed by atoms with Gasteiger partial charge in [-0.3, -0.25) is 0 Å². The fourth-order valence-corrected chi connectivity index (χ4v) is 5.01. The number of carboxylic acid groups (broad SMARTS) is 1. The molecule has 0 saturated heterocycles. The molecule has 0 bridgehead atoms. The number of amides is 1. The van der Waals surface area contributed by atoms with Crippen LogP contribution in [0.3, 0.4) is 0 Å². The molecule has 3 aromatic carbocycles. The van der Waals surface area contributed by atoms with Crippen molar-refractivity contribution in [3.63, 3.8) is 0 Å². The molecule has 0 radical (unpaired) electrons. The predicted octanol–water partition coefficient (Wildman–Crippen LogP) is 7.31. The van der Waals surface area contributed by atoms with Gasteiger partial charge >= 0.3 is 12.1 Å². The summed E-state index contributed by atoms with van der Waals surface area (Å²) in [5.41, 5.74) is 2.02. The third-order valence-electron chi connectivity index (χ3n) is 6.46. The maximum atomic E-state index is 13.3. The third kappa shape index (κ3) is 7.44. The number of halogens is 2. The first kappa shape index (κ1) is 28.7. The van der Waals surface area contributed by atoms with Gasteiger partial charge in [0.05, 0.1) is 23.2 Å². The molecule has 2 atom stereocenters. The predicted molar refractivity (Wildman–Crippen MR) is 150 cm³/mol. The van der Waals surface area contributed by atoms with E-state index in [0.717, 1.165) is 17.5 Å². The van der Waals surface area contributed by atoms with Gasteiger partial charge in [0, 0.05) is 11.1 Å². The van der Waals surface area contributed by atoms with Crippen LogP contribution in [0.15, 0.2) is 60.7 Å². The Labute approximate surface area is 237 Å². The van der Waals surface area contributed by atoms with E-state index in [1.807, 2.05) is 39.0 Å². The van der Waals surface area contributed by atoms with Gasteiger partial charge in [0.25, 0.3) is 0 Å². The molecule has 0 heterocycles. The van der Waals surface area contributed by atoms with E-state index < -0.39 is 23.8 Å². The van der Waals surface area contributed by atoms with Gasteiger partial charge in [-0.1, -0.05) is 41.4 Å². The van der Waals surface area contributed by atoms with Gasteiger partial charge in [0.2, 0.25) is 0 Å². The van der Waals surface area contributed by atoms with Gasteiger partial charge in [-0.25, -0.2) is 9.59 Å². The maximum Gasteiger partial charge on any atom is 0.410 e. The number of nitrogens with zero attached hydrogens (tertiary/aromatic N) is 1. The number of aryl methyl sites for hydroxylation is 1. The van der Waals surface area contributed by atoms with Crippen LogP contribution in [0.5, 0.6) is 11.5 Å². The molecule has 0 aromatic heterocycles. The number of aliphatic hydroxyl groups excluding tert-OH is 1. The Morgan fingerprint density at radius 3 is 2.44 bits per heavy atom. The first-order chi connectivity index (χ1) is 18.4. The number of ether oxygens (including phenoxy) is 2. The first-order valence-electron chi connectivity index (χ1n) is 12.7. The highest BCUT2D eigenvalue weighted by molar-refractivity contribution is 6.33. The Kier molecular flexibility index (Phi) is 8.74. The Morgan fingerprint density at radius 1 is 1.03 bits per heavy atom. The maximum absolute atomic E-state index is 13.3. The number of hydrogen-bond acceptors (Lipinski definition) is 5. The molecule has 39 heavy (non-hydrogen) atoms. The van der Waals surface area contributed by atoms with Gasteiger partial charge in [-0.05, 0) is 99.2 Å². The standard InChI is InChI=1S/C30H31Cl2NO6/c1-30(2,3)39-29(37)33(17-27(34)19-5-4-6-21(31)13-19)22-9-7-18-8-10-23(15-20(18)14-22)38-24-11-12-26(32)25(16-24)28(35)36/h4-6,8,10-13,15-16,22,27,34H,7,9,14,17H2,1-3H3,(H,35,36)/t22-,27+/m0/s1. The average Bonchev–Trinajstić information content (AvgIpc) is 2.86. The summed E-state index contributed by atoms with van der Waals surface area (Å²) in [4.78, 5) is 26.3. The van der Waals surface area contributed by atoms with Crippen LogP contribution in [0.2, 0.25) is 10.0 Å². The van der Waals surface area contributed by atoms with Gasteiger partial charge in [-0.2, -0.15) is 0 Å². The number of fused-ring (bicyclic) bond motifs is 1. The second kappa shape index (κ2) is 11.9. The molecule has 0 unspecified atom stereocenters. The number of rotatable bonds is 7. The van der Waals surface area contributed by atoms with Crippen molar-refractivity contribution in [1.82, 2.24) is 4.90 Å². The molecular formula is C30H31Cl2NO6. The summed E-state index contributed by atoms with van der Waals surface area (Å²) in [5.74, 6) is -0.249. The first-order valence-corrected chi connectivity index (χ1v) is 13.4. The average molecular weight is 572 g/mol. The highest BCUT2D eigenvalue weighted by atomic mass is 35.5. The van der Waals surface area contributed by atoms with E-state index in [2.05, 4.69) is 0 Å². The van der Waals surface area contributed by atoms with Crippen LogP contribution in [0, 0.1) is 0 Å². The Morgan fingerprint density at radius 2 is 1.74 bits per heavy atom. The SMILES string of the molecule is CC(C)(C)OC(=O)N(C[C@@H](O)c1cccc(Cl)c1)[C@H]1CCc2ccc(Oc3ccc(Cl)c(C(=O)O)c3)cc2C1. The fourth-order valence-electron chi connectivity index (χ4n) is 4.61. The molecule has 9 heteroatoms. The summed E-state index contributed by atoms with van der Waals surface area (Å²) in [7, 11) is 0. The normalized spacial score (nSPS) is 15.7. The van der Waals surface area contributed by atoms with Crippen LogP contribution in [0.25, 0.3) is 0 Å². The highest BCUT2D eigenvalue weighted by Crippen LogP contribution is 2.33. The van der Waals surface area contributed by atoms with Crippen LogP contribution in [-0.4, -0.2) is 45.4 Å². The molecule has 0 spiro atoms. The van der Waals surface area contributed by atoms with Crippen LogP contribution in [0.4, 0.5) is 4.79 Å². The van der Waals surface area contributed by atoms with E-state index >= 15 is 0 Å². The number of aromatic carboxylic acids is 1. The van der Waals surface area contributed by atoms with Crippen molar-refractivity contribution < 1.29 is 29.3 Å². The molecule has 3 aromatic rings. The van der Waals surface area contributed by atoms with Gasteiger partial charge < -0.3 is 24.6 Å². The molecule has 1 aliphatic rings. The molecule has 0 aliphatic heterocycles. The summed E-state index contributed by atoms with van der Waals surface area (Å²) in [6.45, 7) is 5.47. The highest BCUT2D eigenvalue weighted by Gasteiger charge is 2.33. The summed E-state index contributed by atoms with van der Waals surface area (Å²) >= 11 is 12.1. The second-order valence-electron chi connectivity index (χ2n) is 10.6. The summed E-state index contributed by atoms with van der Waals surface area (Å²) in [6, 6.07) is 16.9. The smallest absolute Gasteiger partial charge is 0.410 e. The molecule has 1 amide bonds. The third-order valence-corrected chi connectivity index (χ3v) is 7.02. The molecule has 4 rings (SSSR count). The van der Waals surface area contributed by atoms with E-state index in [1.54, 1.807) is 35.2 Å². The van der Waals surface area contributed by atoms with Crippen molar-refractivity contribution in [2.75, 3.05) is 6.54 Å². The van der Waals surface area contributed by atoms with E-state index in [1.165, 1.54) is 12.1 Å². The monoisotopic (exact) mass is 571 g/mol. The van der Waals surface area contributed by atoms with Crippen LogP contribution in [-0.2, 0) is 17.6 Å². The van der Waals surface area contributed by atoms with Crippen molar-refractivity contribution in [2.45, 2.75) is 57.8 Å². The van der Waals surface area contributed by atoms with E-state index in [0.29, 0.717) is 34.9 Å². The van der Waals surface area contributed by atoms with Crippen LogP contribution in [0.1, 0.15) is 60.3 Å². The summed E-state index contributed by atoms with van der Waals surface area (Å²) < 4.78 is 11.7. The topological polar surface area (TPSA) is 96.3 Å². The number of carbonyl (C=O) groups is 2. The molecule has 1 aliphatic carbocycles. The summed E-state index contributed by atoms with van der Waals surface area (Å²) in [5, 5.41) is 21.0. The van der Waals surface area contributed by atoms with E-state index in [9.17, 15) is 19.8 Å². The minimum absolute atomic E-state index is 0.0431. The van der Waals surface area contributed by atoms with Crippen LogP contribution < -0.4 is 4.74 Å². The fraction of sp³-hybridized carbons (Fsp3) is 0.333. The van der Waals surface area contributed by atoms with Gasteiger partial charge in [0.15, 0.2) is 0 Å². The largest absolute Gasteiger partial charge is 0.478 e. The van der Waals surface area contributed by atoms with Crippen molar-refractivity contribution >= 4 is 35.3 Å². The lowest BCUT2D eigenvalue weighted by atomic mass is 9.87. The molecule has 7 nitrogen and oxygen atoms in total. The van der Waals surface area contributed by atoms with Crippen molar-refractivity contribution in [3.05, 3.63) is 93.0 Å². The van der Waals surface area contributed by atoms with Gasteiger partial charge in [-0.15, -0.1) is 0 Å². The van der Waals surface area contributed by atoms with Crippen molar-refractivity contribution in [2.24, 2.45) is 0 Å². The molecule has 206 valence electrons. The number of aliphatic hydroxyl groups is 1. The lowest BCUT2D eigenvalue weighted by Crippen LogP contribution is -2.47. The summed E-state index contributed by atoms with van der Waals surface area (Å²) in [6.07, 6.45) is 0.534. The minimum atomic E-state index is -1.14. The van der Waals surface area contributed by atoms with Crippen LogP contribution >= 0.6 is 23.2 Å². The van der Waals surface area contributed by atoms with Crippen molar-refractivity contribution in [1.29, 1.82) is 0 Å². The Bertz CT molecular complexity index is 1370. The number of carboxylic acids is 1. The zero-order valence-corrected chi connectivity index (χ0v) is 23.5. The lowest BCUT2D eigenvalue weighted by molar-refractivity contribution is 0.00194. The Balaban J connectivity index is 1.56. The van der Waals surface area contributed by atoms with E-state index in [-0.39, 0.29) is 23.2 Å². The van der Waals surface area contributed by atoms with Gasteiger partial charge in [0.1, 0.15) is 17.1 Å². The zero-order valence-electron chi connectivity index (χ0n) is 22.0. The molecule has 2 N–H and O–H groups in total. The van der Waals surface area contributed by atoms with Crippen molar-refractivity contribution in [3.8, 4) is 11.5 Å². The van der Waals surface area contributed by atoms with E-state index in [4.69, 9.17) is 32.7 Å². The lowest BCUT2D eigenvalue weighted by Gasteiger charge is -2.37. The number of hydrogen-bond donors (Lipinski definition) is 2. The quantitative estimate of drug-likeness (QED) is 0.308. The Hall–Kier alpha value is -3.26. The molecule has 0 saturated carbocycles.